The van der Waals surface area contributed by atoms with Gasteiger partial charge in [0.2, 0.25) is 0 Å². The first-order chi connectivity index (χ1) is 21.1. The van der Waals surface area contributed by atoms with Crippen LogP contribution in [0.3, 0.4) is 0 Å². The molecule has 44 heavy (non-hydrogen) atoms. The number of aromatic carboxylic acids is 1. The van der Waals surface area contributed by atoms with E-state index in [2.05, 4.69) is 31.2 Å². The van der Waals surface area contributed by atoms with Gasteiger partial charge in [-0.3, -0.25) is 19.2 Å². The van der Waals surface area contributed by atoms with Crippen LogP contribution in [0.25, 0.3) is 5.65 Å². The Hall–Kier alpha value is -5.99. The maximum absolute atomic E-state index is 14.4. The van der Waals surface area contributed by atoms with Crippen molar-refractivity contribution in [2.75, 3.05) is 11.1 Å². The molecule has 5 aromatic rings. The van der Waals surface area contributed by atoms with Crippen LogP contribution >= 0.6 is 0 Å². The summed E-state index contributed by atoms with van der Waals surface area (Å²) in [5.74, 6) is -2.74. The Balaban J connectivity index is 1.16. The van der Waals surface area contributed by atoms with E-state index < -0.39 is 34.5 Å². The molecule has 1 aliphatic rings. The lowest BCUT2D eigenvalue weighted by Gasteiger charge is -2.15. The average molecular weight is 599 g/mol. The van der Waals surface area contributed by atoms with Gasteiger partial charge in [-0.1, -0.05) is 17.3 Å². The van der Waals surface area contributed by atoms with Gasteiger partial charge >= 0.3 is 5.97 Å². The van der Waals surface area contributed by atoms with Crippen molar-refractivity contribution >= 4 is 34.8 Å². The maximum atomic E-state index is 14.4. The molecule has 0 spiro atoms. The fourth-order valence-corrected chi connectivity index (χ4v) is 5.15. The fraction of sp³-hybridized carbons (Fsp3) is 0.172. The van der Waals surface area contributed by atoms with Crippen LogP contribution < -0.4 is 32.5 Å². The zero-order valence-corrected chi connectivity index (χ0v) is 22.8. The lowest BCUT2D eigenvalue weighted by atomic mass is 10.0. The minimum atomic E-state index is -1.03. The van der Waals surface area contributed by atoms with Crippen LogP contribution in [0.4, 0.5) is 15.8 Å². The van der Waals surface area contributed by atoms with Gasteiger partial charge < -0.3 is 26.8 Å². The second-order valence-electron chi connectivity index (χ2n) is 10.2. The molecule has 0 bridgehead atoms. The van der Waals surface area contributed by atoms with Crippen molar-refractivity contribution in [1.82, 2.24) is 30.4 Å². The van der Waals surface area contributed by atoms with Crippen molar-refractivity contribution in [1.29, 1.82) is 0 Å². The zero-order valence-electron chi connectivity index (χ0n) is 22.8. The van der Waals surface area contributed by atoms with Gasteiger partial charge in [0.15, 0.2) is 5.65 Å². The topological polar surface area (TPSA) is 211 Å². The van der Waals surface area contributed by atoms with Gasteiger partial charge in [0, 0.05) is 24.7 Å². The molecule has 3 aromatic carbocycles. The van der Waals surface area contributed by atoms with Crippen molar-refractivity contribution in [3.63, 3.8) is 0 Å². The summed E-state index contributed by atoms with van der Waals surface area (Å²) >= 11 is 0. The van der Waals surface area contributed by atoms with Crippen molar-refractivity contribution in [2.24, 2.45) is 0 Å². The van der Waals surface area contributed by atoms with Crippen LogP contribution in [0.2, 0.25) is 0 Å². The van der Waals surface area contributed by atoms with Crippen LogP contribution in [0, 0.1) is 5.82 Å². The Bertz CT molecular complexity index is 2070. The van der Waals surface area contributed by atoms with Crippen molar-refractivity contribution < 1.29 is 23.9 Å². The zero-order chi connectivity index (χ0) is 31.1. The third-order valence-electron chi connectivity index (χ3n) is 7.47. The van der Waals surface area contributed by atoms with Crippen LogP contribution in [0.5, 0.6) is 0 Å². The van der Waals surface area contributed by atoms with E-state index in [1.807, 2.05) is 0 Å². The molecule has 1 aliphatic carbocycles. The molecule has 2 heterocycles. The number of nitrogens with zero attached hydrogens (tertiary/aromatic N) is 4. The quantitative estimate of drug-likeness (QED) is 0.152. The van der Waals surface area contributed by atoms with E-state index in [1.54, 1.807) is 12.1 Å². The van der Waals surface area contributed by atoms with Gasteiger partial charge in [-0.2, -0.15) is 4.52 Å². The minimum Gasteiger partial charge on any atom is -0.478 e. The van der Waals surface area contributed by atoms with Gasteiger partial charge in [0.05, 0.1) is 17.8 Å². The number of nitrogens with two attached hydrogens (primary N) is 1. The number of hydrogen-bond acceptors (Lipinski definition) is 10. The number of fused-ring (bicyclic) bond motifs is 2. The highest BCUT2D eigenvalue weighted by atomic mass is 19.1. The number of carboxylic acids is 1. The van der Waals surface area contributed by atoms with Gasteiger partial charge in [0.1, 0.15) is 28.6 Å². The molecular weight excluding hydrogens is 575 g/mol. The van der Waals surface area contributed by atoms with E-state index in [0.717, 1.165) is 11.1 Å². The molecule has 14 nitrogen and oxygen atoms in total. The van der Waals surface area contributed by atoms with Crippen LogP contribution in [0.1, 0.15) is 66.1 Å². The lowest BCUT2D eigenvalue weighted by molar-refractivity contribution is 0.0696. The molecule has 2 amide bonds. The van der Waals surface area contributed by atoms with E-state index in [9.17, 15) is 33.5 Å². The molecule has 222 valence electrons. The Labute approximate surface area is 246 Å². The van der Waals surface area contributed by atoms with Crippen LogP contribution in [-0.4, -0.2) is 42.7 Å². The number of amides is 2. The number of nitrogens with one attached hydrogen (secondary N) is 3. The third-order valence-corrected chi connectivity index (χ3v) is 7.47. The number of aromatic nitrogens is 4. The molecule has 0 aliphatic heterocycles. The standard InChI is InChI=1S/C29H23FN8O6/c30-18-5-1-13(7-16(18)11-32-24-23(31)25(39)26(24)40)10-33-27(41)20-9-21(38-22(35-20)12-34-37-38)28(42)36-19-6-3-14-8-15(29(43)44)2-4-17(14)19/h1-2,4-5,7-9,12,19,32H,3,6,10-11,31H2,(H,33,41)(H,36,42)(H,43,44)/t19-/m0/s1. The summed E-state index contributed by atoms with van der Waals surface area (Å²) in [7, 11) is 0. The Morgan fingerprint density at radius 2 is 1.86 bits per heavy atom. The summed E-state index contributed by atoms with van der Waals surface area (Å²) in [6.45, 7) is -0.128. The fourth-order valence-electron chi connectivity index (χ4n) is 5.15. The smallest absolute Gasteiger partial charge is 0.335 e. The largest absolute Gasteiger partial charge is 0.478 e. The van der Waals surface area contributed by atoms with Crippen molar-refractivity contribution in [3.05, 3.63) is 114 Å². The van der Waals surface area contributed by atoms with E-state index >= 15 is 0 Å². The first-order valence-electron chi connectivity index (χ1n) is 13.4. The first-order valence-corrected chi connectivity index (χ1v) is 13.4. The number of hydrogen-bond donors (Lipinski definition) is 5. The van der Waals surface area contributed by atoms with Gasteiger partial charge in [0.25, 0.3) is 22.7 Å². The van der Waals surface area contributed by atoms with Crippen LogP contribution in [-0.2, 0) is 19.5 Å². The summed E-state index contributed by atoms with van der Waals surface area (Å²) in [5, 5.41) is 25.2. The molecule has 0 fully saturated rings. The van der Waals surface area contributed by atoms with Crippen molar-refractivity contribution in [2.45, 2.75) is 32.0 Å². The number of anilines is 2. The second kappa shape index (κ2) is 11.0. The first kappa shape index (κ1) is 28.1. The molecule has 1 atom stereocenters. The second-order valence-corrected chi connectivity index (χ2v) is 10.2. The van der Waals surface area contributed by atoms with Crippen LogP contribution in [0.15, 0.2) is 58.3 Å². The van der Waals surface area contributed by atoms with E-state index in [0.29, 0.717) is 18.4 Å². The average Bonchev–Trinajstić information content (AvgIpc) is 3.67. The monoisotopic (exact) mass is 598 g/mol. The highest BCUT2D eigenvalue weighted by Gasteiger charge is 2.27. The van der Waals surface area contributed by atoms with E-state index in [-0.39, 0.29) is 58.7 Å². The number of carboxylic acid groups (broad SMARTS) is 1. The maximum Gasteiger partial charge on any atom is 0.335 e. The predicted molar refractivity (Wildman–Crippen MR) is 153 cm³/mol. The van der Waals surface area contributed by atoms with Gasteiger partial charge in [-0.15, -0.1) is 5.10 Å². The van der Waals surface area contributed by atoms with Gasteiger partial charge in [-0.05, 0) is 53.8 Å². The summed E-state index contributed by atoms with van der Waals surface area (Å²) in [6.07, 6.45) is 2.46. The SMILES string of the molecule is Nc1c(NCc2cc(CNC(=O)c3cc(C(=O)N[C@H]4CCc5cc(C(=O)O)ccc54)n4nncc4n3)ccc2F)c(=O)c1=O. The Kier molecular flexibility index (Phi) is 7.05. The summed E-state index contributed by atoms with van der Waals surface area (Å²) < 4.78 is 15.6. The normalized spacial score (nSPS) is 14.0. The number of nitrogen functional groups attached to an aromatic ring is 1. The Morgan fingerprint density at radius 3 is 2.64 bits per heavy atom. The molecule has 0 unspecified atom stereocenters. The Morgan fingerprint density at radius 1 is 1.05 bits per heavy atom. The van der Waals surface area contributed by atoms with E-state index in [4.69, 9.17) is 5.73 Å². The number of aryl methyl sites for hydroxylation is 1. The highest BCUT2D eigenvalue weighted by Crippen LogP contribution is 2.32. The lowest BCUT2D eigenvalue weighted by Crippen LogP contribution is -2.37. The molecule has 0 saturated heterocycles. The summed E-state index contributed by atoms with van der Waals surface area (Å²) in [6, 6.07) is 9.84. The number of carbonyl (C=O) groups is 3. The molecular formula is C29H23FN8O6. The van der Waals surface area contributed by atoms with E-state index in [1.165, 1.54) is 41.0 Å². The summed E-state index contributed by atoms with van der Waals surface area (Å²) in [4.78, 5) is 64.9. The molecule has 0 radical (unpaired) electrons. The number of halogens is 1. The molecule has 6 N–H and O–H groups in total. The van der Waals surface area contributed by atoms with Gasteiger partial charge in [-0.25, -0.2) is 14.2 Å². The molecule has 6 rings (SSSR count). The third kappa shape index (κ3) is 5.10. The predicted octanol–water partition coefficient (Wildman–Crippen LogP) is 1.10. The summed E-state index contributed by atoms with van der Waals surface area (Å²) in [5.41, 5.74) is 6.31. The highest BCUT2D eigenvalue weighted by molar-refractivity contribution is 5.98. The number of benzene rings is 2. The number of rotatable bonds is 9. The molecule has 0 saturated carbocycles. The number of carbonyl (C=O) groups excluding carboxylic acids is 2. The molecule has 15 heteroatoms. The van der Waals surface area contributed by atoms with Crippen molar-refractivity contribution in [3.8, 4) is 0 Å². The molecule has 2 aromatic heterocycles. The minimum absolute atomic E-state index is 0.0148.